The fraction of sp³-hybridized carbons (Fsp3) is 0.391. The number of esters is 1. The SMILES string of the molecule is C=C(C)/C=C(C(=O)OC)\C(N)=C(/C)Oc1c(Cl)c(C)cc(NC2CCCCO2)c1C=N. The summed E-state index contributed by atoms with van der Waals surface area (Å²) in [6, 6.07) is 1.86. The molecule has 1 fully saturated rings. The van der Waals surface area contributed by atoms with E-state index in [2.05, 4.69) is 11.9 Å². The number of aryl methyl sites for hydroxylation is 1. The van der Waals surface area contributed by atoms with E-state index in [0.29, 0.717) is 28.5 Å². The van der Waals surface area contributed by atoms with Crippen LogP contribution in [0.5, 0.6) is 5.75 Å². The van der Waals surface area contributed by atoms with Gasteiger partial charge in [0.2, 0.25) is 0 Å². The van der Waals surface area contributed by atoms with E-state index in [-0.39, 0.29) is 29.0 Å². The number of hydrogen-bond acceptors (Lipinski definition) is 7. The zero-order chi connectivity index (χ0) is 23.1. The van der Waals surface area contributed by atoms with Crippen LogP contribution in [-0.2, 0) is 14.3 Å². The lowest BCUT2D eigenvalue weighted by molar-refractivity contribution is -0.135. The Hall–Kier alpha value is -2.77. The number of anilines is 1. The van der Waals surface area contributed by atoms with Gasteiger partial charge in [-0.05, 0) is 57.7 Å². The van der Waals surface area contributed by atoms with Crippen molar-refractivity contribution in [1.82, 2.24) is 0 Å². The molecule has 1 aromatic carbocycles. The van der Waals surface area contributed by atoms with Crippen LogP contribution in [-0.4, -0.2) is 32.1 Å². The Morgan fingerprint density at radius 3 is 2.68 bits per heavy atom. The number of ether oxygens (including phenoxy) is 3. The molecule has 0 bridgehead atoms. The standard InChI is InChI=1S/C23H30ClN3O4/c1-13(2)10-16(23(28)29-5)21(26)15(4)31-22-17(12-25)18(11-14(3)20(22)24)27-19-8-6-7-9-30-19/h10-12,19,25,27H,1,6-9,26H2,2-5H3/b16-10+,21-15-,25-12?. The predicted molar refractivity (Wildman–Crippen MR) is 124 cm³/mol. The number of halogens is 1. The van der Waals surface area contributed by atoms with E-state index in [4.69, 9.17) is 37.0 Å². The van der Waals surface area contributed by atoms with E-state index in [1.165, 1.54) is 19.4 Å². The molecule has 0 amide bonds. The van der Waals surface area contributed by atoms with Crippen molar-refractivity contribution in [2.24, 2.45) is 5.73 Å². The van der Waals surface area contributed by atoms with Gasteiger partial charge >= 0.3 is 5.97 Å². The first-order valence-corrected chi connectivity index (χ1v) is 10.4. The third kappa shape index (κ3) is 6.12. The first-order chi connectivity index (χ1) is 14.7. The summed E-state index contributed by atoms with van der Waals surface area (Å²) in [7, 11) is 1.27. The molecule has 1 heterocycles. The van der Waals surface area contributed by atoms with Crippen molar-refractivity contribution in [3.05, 3.63) is 57.5 Å². The molecule has 1 aromatic rings. The van der Waals surface area contributed by atoms with Crippen LogP contribution in [0.4, 0.5) is 5.69 Å². The highest BCUT2D eigenvalue weighted by molar-refractivity contribution is 6.33. The lowest BCUT2D eigenvalue weighted by Crippen LogP contribution is -2.27. The van der Waals surface area contributed by atoms with Crippen molar-refractivity contribution in [2.75, 3.05) is 19.0 Å². The van der Waals surface area contributed by atoms with Gasteiger partial charge in [0, 0.05) is 18.5 Å². The topological polar surface area (TPSA) is 107 Å². The Labute approximate surface area is 188 Å². The van der Waals surface area contributed by atoms with Crippen LogP contribution in [0.15, 0.2) is 41.3 Å². The zero-order valence-electron chi connectivity index (χ0n) is 18.4. The molecule has 31 heavy (non-hydrogen) atoms. The van der Waals surface area contributed by atoms with Crippen molar-refractivity contribution < 1.29 is 19.0 Å². The largest absolute Gasteiger partial charge is 0.465 e. The fourth-order valence-corrected chi connectivity index (χ4v) is 3.36. The van der Waals surface area contributed by atoms with Crippen LogP contribution >= 0.6 is 11.6 Å². The van der Waals surface area contributed by atoms with Crippen molar-refractivity contribution in [2.45, 2.75) is 46.3 Å². The Morgan fingerprint density at radius 1 is 1.42 bits per heavy atom. The van der Waals surface area contributed by atoms with Gasteiger partial charge in [-0.1, -0.05) is 23.8 Å². The van der Waals surface area contributed by atoms with Crippen molar-refractivity contribution in [3.8, 4) is 5.75 Å². The van der Waals surface area contributed by atoms with Crippen molar-refractivity contribution in [1.29, 1.82) is 5.41 Å². The molecule has 7 nitrogen and oxygen atoms in total. The molecular weight excluding hydrogens is 418 g/mol. The van der Waals surface area contributed by atoms with Crippen molar-refractivity contribution >= 4 is 29.5 Å². The molecule has 1 aliphatic rings. The summed E-state index contributed by atoms with van der Waals surface area (Å²) < 4.78 is 16.6. The highest BCUT2D eigenvalue weighted by Crippen LogP contribution is 2.38. The van der Waals surface area contributed by atoms with Gasteiger partial charge in [-0.3, -0.25) is 0 Å². The smallest absolute Gasteiger partial charge is 0.340 e. The van der Waals surface area contributed by atoms with Crippen LogP contribution in [0.25, 0.3) is 0 Å². The summed E-state index contributed by atoms with van der Waals surface area (Å²) in [6.07, 6.45) is 5.52. The maximum atomic E-state index is 12.2. The molecule has 4 N–H and O–H groups in total. The highest BCUT2D eigenvalue weighted by atomic mass is 35.5. The Kier molecular flexibility index (Phi) is 8.71. The molecular formula is C23H30ClN3O4. The molecule has 2 rings (SSSR count). The van der Waals surface area contributed by atoms with Crippen LogP contribution in [0.3, 0.4) is 0 Å². The monoisotopic (exact) mass is 447 g/mol. The lowest BCUT2D eigenvalue weighted by Gasteiger charge is -2.26. The third-order valence-corrected chi connectivity index (χ3v) is 5.27. The number of benzene rings is 1. The average molecular weight is 448 g/mol. The van der Waals surface area contributed by atoms with E-state index in [0.717, 1.165) is 24.8 Å². The molecule has 0 radical (unpaired) electrons. The number of allylic oxidation sites excluding steroid dienone is 3. The van der Waals surface area contributed by atoms with Crippen LogP contribution < -0.4 is 15.8 Å². The van der Waals surface area contributed by atoms with Crippen LogP contribution in [0.1, 0.15) is 44.2 Å². The van der Waals surface area contributed by atoms with Gasteiger partial charge in [-0.25, -0.2) is 4.79 Å². The summed E-state index contributed by atoms with van der Waals surface area (Å²) >= 11 is 6.52. The van der Waals surface area contributed by atoms with Crippen LogP contribution in [0, 0.1) is 12.3 Å². The summed E-state index contributed by atoms with van der Waals surface area (Å²) in [5, 5.41) is 11.6. The average Bonchev–Trinajstić information content (AvgIpc) is 2.75. The van der Waals surface area contributed by atoms with E-state index < -0.39 is 5.97 Å². The maximum Gasteiger partial charge on any atom is 0.340 e. The Bertz CT molecular complexity index is 931. The van der Waals surface area contributed by atoms with E-state index in [1.54, 1.807) is 13.8 Å². The highest BCUT2D eigenvalue weighted by Gasteiger charge is 2.22. The molecule has 1 saturated heterocycles. The van der Waals surface area contributed by atoms with Gasteiger partial charge in [-0.15, -0.1) is 0 Å². The van der Waals surface area contributed by atoms with Gasteiger partial charge in [0.25, 0.3) is 0 Å². The van der Waals surface area contributed by atoms with Crippen molar-refractivity contribution in [3.63, 3.8) is 0 Å². The molecule has 0 saturated carbocycles. The predicted octanol–water partition coefficient (Wildman–Crippen LogP) is 4.83. The Morgan fingerprint density at radius 2 is 2.13 bits per heavy atom. The summed E-state index contributed by atoms with van der Waals surface area (Å²) in [6.45, 7) is 9.68. The van der Waals surface area contributed by atoms with E-state index in [1.807, 2.05) is 13.0 Å². The summed E-state index contributed by atoms with van der Waals surface area (Å²) in [4.78, 5) is 12.2. The second-order valence-corrected chi connectivity index (χ2v) is 7.79. The number of carbonyl (C=O) groups is 1. The minimum Gasteiger partial charge on any atom is -0.465 e. The molecule has 0 spiro atoms. The quantitative estimate of drug-likeness (QED) is 0.173. The molecule has 1 aliphatic heterocycles. The van der Waals surface area contributed by atoms with Gasteiger partial charge < -0.3 is 30.7 Å². The minimum atomic E-state index is -0.608. The summed E-state index contributed by atoms with van der Waals surface area (Å²) in [5.41, 5.74) is 8.95. The minimum absolute atomic E-state index is 0.0912. The number of methoxy groups -OCH3 is 1. The van der Waals surface area contributed by atoms with Gasteiger partial charge in [0.05, 0.1) is 29.0 Å². The van der Waals surface area contributed by atoms with Crippen LogP contribution in [0.2, 0.25) is 5.02 Å². The zero-order valence-corrected chi connectivity index (χ0v) is 19.2. The van der Waals surface area contributed by atoms with E-state index >= 15 is 0 Å². The number of nitrogens with one attached hydrogen (secondary N) is 2. The van der Waals surface area contributed by atoms with Gasteiger partial charge in [-0.2, -0.15) is 0 Å². The fourth-order valence-electron chi connectivity index (χ4n) is 3.17. The third-order valence-electron chi connectivity index (χ3n) is 4.80. The molecule has 168 valence electrons. The molecule has 0 aliphatic carbocycles. The first-order valence-electron chi connectivity index (χ1n) is 10.0. The van der Waals surface area contributed by atoms with E-state index in [9.17, 15) is 4.79 Å². The molecule has 1 atom stereocenters. The Balaban J connectivity index is 2.48. The molecule has 0 aromatic heterocycles. The lowest BCUT2D eigenvalue weighted by atomic mass is 10.1. The normalized spacial score (nSPS) is 17.5. The maximum absolute atomic E-state index is 12.2. The first kappa shape index (κ1) is 24.5. The number of hydrogen-bond donors (Lipinski definition) is 3. The number of rotatable bonds is 8. The second-order valence-electron chi connectivity index (χ2n) is 7.41. The second kappa shape index (κ2) is 11.0. The number of nitrogens with two attached hydrogens (primary N) is 1. The molecule has 1 unspecified atom stereocenters. The van der Waals surface area contributed by atoms with Gasteiger partial charge in [0.1, 0.15) is 12.0 Å². The number of carbonyl (C=O) groups excluding carboxylic acids is 1. The molecule has 8 heteroatoms. The van der Waals surface area contributed by atoms with Gasteiger partial charge in [0.15, 0.2) is 5.75 Å². The summed E-state index contributed by atoms with van der Waals surface area (Å²) in [5.74, 6) is -0.0915.